The normalized spacial score (nSPS) is 27.2. The van der Waals surface area contributed by atoms with Crippen molar-refractivity contribution in [3.63, 3.8) is 0 Å². The fourth-order valence-corrected chi connectivity index (χ4v) is 2.97. The van der Waals surface area contributed by atoms with E-state index in [4.69, 9.17) is 4.74 Å². The minimum absolute atomic E-state index is 0.127. The number of para-hydroxylation sites is 2. The molecule has 18 heavy (non-hydrogen) atoms. The van der Waals surface area contributed by atoms with E-state index in [0.29, 0.717) is 5.78 Å². The van der Waals surface area contributed by atoms with Crippen LogP contribution in [0.2, 0.25) is 0 Å². The maximum atomic E-state index is 12.0. The van der Waals surface area contributed by atoms with Crippen LogP contribution in [0.5, 0.6) is 5.75 Å². The average Bonchev–Trinajstić information content (AvgIpc) is 2.38. The number of anilines is 1. The third-order valence-electron chi connectivity index (χ3n) is 3.89. The highest BCUT2D eigenvalue weighted by Gasteiger charge is 2.38. The lowest BCUT2D eigenvalue weighted by Crippen LogP contribution is -2.57. The minimum Gasteiger partial charge on any atom is -0.495 e. The molecule has 4 heteroatoms. The Morgan fingerprint density at radius 3 is 2.56 bits per heavy atom. The molecule has 96 valence electrons. The van der Waals surface area contributed by atoms with Gasteiger partial charge >= 0.3 is 0 Å². The summed E-state index contributed by atoms with van der Waals surface area (Å²) >= 11 is 0. The number of ketones is 1. The van der Waals surface area contributed by atoms with Crippen molar-refractivity contribution in [2.75, 3.05) is 38.2 Å². The molecule has 0 saturated carbocycles. The number of fused-ring (bicyclic) bond motifs is 2. The van der Waals surface area contributed by atoms with E-state index in [0.717, 1.165) is 37.6 Å². The zero-order valence-corrected chi connectivity index (χ0v) is 10.6. The van der Waals surface area contributed by atoms with Crippen molar-refractivity contribution in [2.24, 2.45) is 11.8 Å². The van der Waals surface area contributed by atoms with Crippen LogP contribution in [0.4, 0.5) is 5.69 Å². The maximum Gasteiger partial charge on any atom is 0.145 e. The van der Waals surface area contributed by atoms with Crippen molar-refractivity contribution in [1.29, 1.82) is 0 Å². The van der Waals surface area contributed by atoms with Crippen LogP contribution in [0.25, 0.3) is 0 Å². The van der Waals surface area contributed by atoms with Gasteiger partial charge in [0.1, 0.15) is 11.5 Å². The number of Topliss-reactive ketones (excluding diaryl/α,β-unsaturated/α-hetero) is 1. The van der Waals surface area contributed by atoms with Gasteiger partial charge in [-0.2, -0.15) is 0 Å². The van der Waals surface area contributed by atoms with Crippen molar-refractivity contribution in [3.8, 4) is 5.75 Å². The predicted molar refractivity (Wildman–Crippen MR) is 70.1 cm³/mol. The van der Waals surface area contributed by atoms with Crippen LogP contribution < -0.4 is 15.0 Å². The van der Waals surface area contributed by atoms with Crippen LogP contribution in [0.1, 0.15) is 0 Å². The van der Waals surface area contributed by atoms with Crippen molar-refractivity contribution in [3.05, 3.63) is 24.3 Å². The topological polar surface area (TPSA) is 41.6 Å². The van der Waals surface area contributed by atoms with Gasteiger partial charge in [0, 0.05) is 38.0 Å². The molecule has 1 N–H and O–H groups in total. The van der Waals surface area contributed by atoms with Crippen LogP contribution >= 0.6 is 0 Å². The predicted octanol–water partition coefficient (Wildman–Crippen LogP) is 0.920. The zero-order chi connectivity index (χ0) is 12.5. The fourth-order valence-electron chi connectivity index (χ4n) is 2.97. The molecular weight excluding hydrogens is 228 g/mol. The summed E-state index contributed by atoms with van der Waals surface area (Å²) in [7, 11) is 1.69. The van der Waals surface area contributed by atoms with Crippen molar-refractivity contribution >= 4 is 11.5 Å². The Kier molecular flexibility index (Phi) is 2.96. The molecule has 2 bridgehead atoms. The summed E-state index contributed by atoms with van der Waals surface area (Å²) in [5.41, 5.74) is 1.10. The number of nitrogens with zero attached hydrogens (tertiary/aromatic N) is 1. The molecule has 2 atom stereocenters. The van der Waals surface area contributed by atoms with Crippen LogP contribution in [0, 0.1) is 11.8 Å². The van der Waals surface area contributed by atoms with E-state index in [2.05, 4.69) is 16.3 Å². The Morgan fingerprint density at radius 2 is 1.89 bits per heavy atom. The quantitative estimate of drug-likeness (QED) is 0.842. The largest absolute Gasteiger partial charge is 0.495 e. The molecule has 0 aliphatic carbocycles. The number of methoxy groups -OCH3 is 1. The SMILES string of the molecule is COc1ccccc1N1CC2CNCC(C1)C2=O. The Morgan fingerprint density at radius 1 is 1.22 bits per heavy atom. The van der Waals surface area contributed by atoms with Crippen molar-refractivity contribution in [1.82, 2.24) is 5.32 Å². The highest BCUT2D eigenvalue weighted by molar-refractivity contribution is 5.87. The van der Waals surface area contributed by atoms with Crippen molar-refractivity contribution in [2.45, 2.75) is 0 Å². The second-order valence-electron chi connectivity index (χ2n) is 5.03. The van der Waals surface area contributed by atoms with Gasteiger partial charge in [-0.05, 0) is 12.1 Å². The first-order valence-electron chi connectivity index (χ1n) is 6.42. The summed E-state index contributed by atoms with van der Waals surface area (Å²) in [4.78, 5) is 14.3. The summed E-state index contributed by atoms with van der Waals surface area (Å²) in [6, 6.07) is 8.03. The molecule has 1 aromatic rings. The summed E-state index contributed by atoms with van der Waals surface area (Å²) in [5.74, 6) is 1.57. The molecular formula is C14H18N2O2. The summed E-state index contributed by atoms with van der Waals surface area (Å²) in [6.07, 6.45) is 0. The summed E-state index contributed by atoms with van der Waals surface area (Å²) in [5, 5.41) is 3.34. The number of hydrogen-bond acceptors (Lipinski definition) is 4. The monoisotopic (exact) mass is 246 g/mol. The molecule has 1 aromatic carbocycles. The molecule has 2 fully saturated rings. The van der Waals surface area contributed by atoms with E-state index in [1.165, 1.54) is 0 Å². The number of nitrogens with one attached hydrogen (secondary N) is 1. The minimum atomic E-state index is 0.127. The van der Waals surface area contributed by atoms with Gasteiger partial charge in [0.2, 0.25) is 0 Å². The van der Waals surface area contributed by atoms with E-state index in [-0.39, 0.29) is 11.8 Å². The molecule has 2 aliphatic rings. The van der Waals surface area contributed by atoms with Crippen LogP contribution in [-0.2, 0) is 4.79 Å². The third-order valence-corrected chi connectivity index (χ3v) is 3.89. The first-order chi connectivity index (χ1) is 8.79. The van der Waals surface area contributed by atoms with Crippen LogP contribution in [0.15, 0.2) is 24.3 Å². The Balaban J connectivity index is 1.87. The lowest BCUT2D eigenvalue weighted by molar-refractivity contribution is -0.129. The number of benzene rings is 1. The summed E-state index contributed by atoms with van der Waals surface area (Å²) in [6.45, 7) is 3.20. The lowest BCUT2D eigenvalue weighted by atomic mass is 9.84. The van der Waals surface area contributed by atoms with Gasteiger partial charge in [-0.3, -0.25) is 4.79 Å². The number of rotatable bonds is 2. The zero-order valence-electron chi connectivity index (χ0n) is 10.6. The van der Waals surface area contributed by atoms with Gasteiger partial charge in [0.25, 0.3) is 0 Å². The van der Waals surface area contributed by atoms with Gasteiger partial charge in [-0.1, -0.05) is 12.1 Å². The molecule has 2 unspecified atom stereocenters. The first-order valence-corrected chi connectivity index (χ1v) is 6.42. The Hall–Kier alpha value is -1.55. The first kappa shape index (κ1) is 11.5. The highest BCUT2D eigenvalue weighted by Crippen LogP contribution is 2.32. The van der Waals surface area contributed by atoms with E-state index in [1.807, 2.05) is 18.2 Å². The van der Waals surface area contributed by atoms with E-state index in [9.17, 15) is 4.79 Å². The smallest absolute Gasteiger partial charge is 0.145 e. The Bertz CT molecular complexity index is 445. The molecule has 0 aromatic heterocycles. The average molecular weight is 246 g/mol. The summed E-state index contributed by atoms with van der Waals surface area (Å²) < 4.78 is 5.41. The number of carbonyl (C=O) groups excluding carboxylic acids is 1. The van der Waals surface area contributed by atoms with Crippen LogP contribution in [-0.4, -0.2) is 39.1 Å². The second-order valence-corrected chi connectivity index (χ2v) is 5.03. The lowest BCUT2D eigenvalue weighted by Gasteiger charge is -2.41. The molecule has 0 radical (unpaired) electrons. The molecule has 0 spiro atoms. The van der Waals surface area contributed by atoms with Crippen LogP contribution in [0.3, 0.4) is 0 Å². The van der Waals surface area contributed by atoms with Gasteiger partial charge in [0.15, 0.2) is 0 Å². The number of piperidine rings is 2. The number of carbonyl (C=O) groups is 1. The van der Waals surface area contributed by atoms with Gasteiger partial charge < -0.3 is 15.0 Å². The number of ether oxygens (including phenoxy) is 1. The van der Waals surface area contributed by atoms with E-state index in [1.54, 1.807) is 7.11 Å². The molecule has 2 heterocycles. The standard InChI is InChI=1S/C14H18N2O2/c1-18-13-5-3-2-4-12(13)16-8-10-6-15-7-11(9-16)14(10)17/h2-5,10-11,15H,6-9H2,1H3. The van der Waals surface area contributed by atoms with Gasteiger partial charge in [0.05, 0.1) is 12.8 Å². The fraction of sp³-hybridized carbons (Fsp3) is 0.500. The second kappa shape index (κ2) is 4.61. The van der Waals surface area contributed by atoms with Gasteiger partial charge in [-0.25, -0.2) is 0 Å². The van der Waals surface area contributed by atoms with Gasteiger partial charge in [-0.15, -0.1) is 0 Å². The Labute approximate surface area is 107 Å². The molecule has 4 nitrogen and oxygen atoms in total. The van der Waals surface area contributed by atoms with Crippen molar-refractivity contribution < 1.29 is 9.53 Å². The van der Waals surface area contributed by atoms with E-state index >= 15 is 0 Å². The molecule has 0 amide bonds. The highest BCUT2D eigenvalue weighted by atomic mass is 16.5. The molecule has 2 saturated heterocycles. The maximum absolute atomic E-state index is 12.0. The molecule has 2 aliphatic heterocycles. The van der Waals surface area contributed by atoms with E-state index < -0.39 is 0 Å². The number of hydrogen-bond donors (Lipinski definition) is 1. The molecule has 3 rings (SSSR count). The third kappa shape index (κ3) is 1.86.